The average Bonchev–Trinajstić information content (AvgIpc) is 3.33. The third kappa shape index (κ3) is 3.66. The van der Waals surface area contributed by atoms with Gasteiger partial charge < -0.3 is 0 Å². The lowest BCUT2D eigenvalue weighted by molar-refractivity contribution is -0.115. The molecule has 1 unspecified atom stereocenters. The zero-order chi connectivity index (χ0) is 16.4. The fourth-order valence-electron chi connectivity index (χ4n) is 2.36. The van der Waals surface area contributed by atoms with E-state index in [0.717, 1.165) is 16.5 Å². The largest absolute Gasteiger partial charge is 0.300 e. The Kier molecular flexibility index (Phi) is 4.88. The highest BCUT2D eigenvalue weighted by molar-refractivity contribution is 8.01. The number of anilines is 1. The first-order valence-electron chi connectivity index (χ1n) is 7.32. The summed E-state index contributed by atoms with van der Waals surface area (Å²) in [7, 11) is 0. The zero-order valence-electron chi connectivity index (χ0n) is 12.5. The molecule has 0 spiro atoms. The number of aromatic nitrogens is 2. The molecule has 1 aliphatic rings. The summed E-state index contributed by atoms with van der Waals surface area (Å²) in [6, 6.07) is 12.3. The molecule has 8 heteroatoms. The van der Waals surface area contributed by atoms with E-state index < -0.39 is 0 Å². The Morgan fingerprint density at radius 1 is 1.25 bits per heavy atom. The summed E-state index contributed by atoms with van der Waals surface area (Å²) in [6.45, 7) is 0. The maximum atomic E-state index is 12.4. The Morgan fingerprint density at radius 2 is 2.17 bits per heavy atom. The fraction of sp³-hybridized carbons (Fsp3) is 0.188. The van der Waals surface area contributed by atoms with E-state index in [2.05, 4.69) is 39.1 Å². The maximum absolute atomic E-state index is 12.4. The summed E-state index contributed by atoms with van der Waals surface area (Å²) in [5, 5.41) is 13.7. The van der Waals surface area contributed by atoms with Crippen molar-refractivity contribution in [2.45, 2.75) is 26.7 Å². The number of carbonyl (C=O) groups is 1. The smallest absolute Gasteiger partial charge is 0.240 e. The molecular weight excluding hydrogens is 378 g/mol. The van der Waals surface area contributed by atoms with Crippen molar-refractivity contribution in [1.82, 2.24) is 10.2 Å². The normalized spacial score (nSPS) is 16.1. The van der Waals surface area contributed by atoms with Gasteiger partial charge in [0.15, 0.2) is 4.34 Å². The van der Waals surface area contributed by atoms with Crippen LogP contribution in [-0.4, -0.2) is 21.4 Å². The van der Waals surface area contributed by atoms with Gasteiger partial charge in [0.2, 0.25) is 11.0 Å². The number of nitrogens with one attached hydrogen (secondary N) is 1. The third-order valence-electron chi connectivity index (χ3n) is 3.49. The number of amides is 1. The van der Waals surface area contributed by atoms with E-state index >= 15 is 0 Å². The predicted molar refractivity (Wildman–Crippen MR) is 102 cm³/mol. The lowest BCUT2D eigenvalue weighted by atomic mass is 10.1. The van der Waals surface area contributed by atoms with Gasteiger partial charge in [-0.1, -0.05) is 47.4 Å². The Labute approximate surface area is 156 Å². The van der Waals surface area contributed by atoms with E-state index in [4.69, 9.17) is 0 Å². The van der Waals surface area contributed by atoms with Gasteiger partial charge in [0.1, 0.15) is 0 Å². The minimum absolute atomic E-state index is 0.00200. The maximum Gasteiger partial charge on any atom is 0.240 e. The molecule has 24 heavy (non-hydrogen) atoms. The summed E-state index contributed by atoms with van der Waals surface area (Å²) in [6.07, 6.45) is 0.769. The van der Waals surface area contributed by atoms with Crippen LogP contribution in [0.25, 0.3) is 0 Å². The summed E-state index contributed by atoms with van der Waals surface area (Å²) < 4.78 is 0.876. The Hall–Kier alpha value is -1.35. The molecule has 3 heterocycles. The van der Waals surface area contributed by atoms with Crippen LogP contribution in [0.3, 0.4) is 0 Å². The summed E-state index contributed by atoms with van der Waals surface area (Å²) in [5.41, 5.74) is 1.24. The van der Waals surface area contributed by atoms with Crippen molar-refractivity contribution >= 4 is 57.2 Å². The molecule has 3 aromatic rings. The van der Waals surface area contributed by atoms with Crippen molar-refractivity contribution < 1.29 is 4.79 Å². The highest BCUT2D eigenvalue weighted by atomic mass is 32.2. The first-order chi connectivity index (χ1) is 11.8. The van der Waals surface area contributed by atoms with E-state index in [1.54, 1.807) is 34.9 Å². The van der Waals surface area contributed by atoms with Crippen LogP contribution >= 0.6 is 46.2 Å². The molecule has 1 N–H and O–H groups in total. The van der Waals surface area contributed by atoms with Crippen LogP contribution in [0.2, 0.25) is 0 Å². The summed E-state index contributed by atoms with van der Waals surface area (Å²) >= 11 is 6.43. The van der Waals surface area contributed by atoms with Gasteiger partial charge in [0.05, 0.1) is 5.25 Å². The molecular formula is C16H13N3OS4. The van der Waals surface area contributed by atoms with E-state index in [1.807, 2.05) is 18.2 Å². The van der Waals surface area contributed by atoms with Crippen LogP contribution in [0.4, 0.5) is 5.13 Å². The topological polar surface area (TPSA) is 54.9 Å². The molecule has 0 aliphatic carbocycles. The number of hydrogen-bond acceptors (Lipinski definition) is 7. The van der Waals surface area contributed by atoms with Gasteiger partial charge in [-0.05, 0) is 29.5 Å². The highest BCUT2D eigenvalue weighted by Gasteiger charge is 2.28. The van der Waals surface area contributed by atoms with Crippen LogP contribution in [-0.2, 0) is 17.0 Å². The fourth-order valence-corrected chi connectivity index (χ4v) is 6.08. The molecule has 0 radical (unpaired) electrons. The van der Waals surface area contributed by atoms with Gasteiger partial charge in [-0.3, -0.25) is 10.1 Å². The molecule has 1 atom stereocenters. The number of thiophene rings is 1. The first kappa shape index (κ1) is 16.1. The zero-order valence-corrected chi connectivity index (χ0v) is 15.7. The SMILES string of the molecule is O=C(Nc1nnc(SCc2cccs2)s1)C1Cc2ccccc2S1. The van der Waals surface area contributed by atoms with E-state index in [9.17, 15) is 4.79 Å². The number of nitrogens with zero attached hydrogens (tertiary/aromatic N) is 2. The molecule has 122 valence electrons. The standard InChI is InChI=1S/C16H13N3OS4/c20-14(13-8-10-4-1-2-6-12(10)23-13)17-15-18-19-16(24-15)22-9-11-5-3-7-21-11/h1-7,13H,8-9H2,(H,17,18,20). The van der Waals surface area contributed by atoms with Gasteiger partial charge in [0, 0.05) is 15.5 Å². The Morgan fingerprint density at radius 3 is 3.00 bits per heavy atom. The molecule has 4 rings (SSSR count). The van der Waals surface area contributed by atoms with Crippen molar-refractivity contribution in [1.29, 1.82) is 0 Å². The predicted octanol–water partition coefficient (Wildman–Crippen LogP) is 4.55. The number of fused-ring (bicyclic) bond motifs is 1. The lowest BCUT2D eigenvalue weighted by Crippen LogP contribution is -2.24. The second-order valence-electron chi connectivity index (χ2n) is 5.15. The number of benzene rings is 1. The summed E-state index contributed by atoms with van der Waals surface area (Å²) in [5.74, 6) is 0.885. The van der Waals surface area contributed by atoms with Crippen molar-refractivity contribution in [3.8, 4) is 0 Å². The van der Waals surface area contributed by atoms with Crippen molar-refractivity contribution in [3.05, 3.63) is 52.2 Å². The second kappa shape index (κ2) is 7.26. The molecule has 0 bridgehead atoms. The van der Waals surface area contributed by atoms with Gasteiger partial charge in [-0.15, -0.1) is 33.3 Å². The van der Waals surface area contributed by atoms with Crippen LogP contribution in [0.15, 0.2) is 51.0 Å². The quantitative estimate of drug-likeness (QED) is 0.511. The van der Waals surface area contributed by atoms with E-state index in [0.29, 0.717) is 5.13 Å². The highest BCUT2D eigenvalue weighted by Crippen LogP contribution is 2.37. The lowest BCUT2D eigenvalue weighted by Gasteiger charge is -2.06. The second-order valence-corrected chi connectivity index (χ2v) is 9.63. The van der Waals surface area contributed by atoms with Crippen LogP contribution in [0.5, 0.6) is 0 Å². The molecule has 4 nitrogen and oxygen atoms in total. The minimum Gasteiger partial charge on any atom is -0.300 e. The Bertz CT molecular complexity index is 822. The monoisotopic (exact) mass is 391 g/mol. The molecule has 0 saturated carbocycles. The number of carbonyl (C=O) groups excluding carboxylic acids is 1. The van der Waals surface area contributed by atoms with Crippen LogP contribution < -0.4 is 5.32 Å². The number of rotatable bonds is 5. The van der Waals surface area contributed by atoms with Crippen molar-refractivity contribution in [2.75, 3.05) is 5.32 Å². The van der Waals surface area contributed by atoms with Crippen molar-refractivity contribution in [2.24, 2.45) is 0 Å². The minimum atomic E-state index is -0.0893. The number of thioether (sulfide) groups is 2. The van der Waals surface area contributed by atoms with Gasteiger partial charge in [-0.25, -0.2) is 0 Å². The van der Waals surface area contributed by atoms with E-state index in [-0.39, 0.29) is 11.2 Å². The van der Waals surface area contributed by atoms with Crippen molar-refractivity contribution in [3.63, 3.8) is 0 Å². The van der Waals surface area contributed by atoms with Gasteiger partial charge in [0.25, 0.3) is 0 Å². The summed E-state index contributed by atoms with van der Waals surface area (Å²) in [4.78, 5) is 14.9. The van der Waals surface area contributed by atoms with Crippen LogP contribution in [0, 0.1) is 0 Å². The van der Waals surface area contributed by atoms with Crippen LogP contribution in [0.1, 0.15) is 10.4 Å². The first-order valence-corrected chi connectivity index (χ1v) is 10.9. The molecule has 1 aromatic carbocycles. The molecule has 1 aliphatic heterocycles. The molecule has 0 saturated heterocycles. The Balaban J connectivity index is 1.33. The average molecular weight is 392 g/mol. The van der Waals surface area contributed by atoms with Gasteiger partial charge in [-0.2, -0.15) is 0 Å². The number of hydrogen-bond donors (Lipinski definition) is 1. The molecule has 1 amide bonds. The third-order valence-corrected chi connectivity index (χ3v) is 7.89. The van der Waals surface area contributed by atoms with E-state index in [1.165, 1.54) is 26.7 Å². The molecule has 0 fully saturated rings. The molecule has 2 aromatic heterocycles. The van der Waals surface area contributed by atoms with Gasteiger partial charge >= 0.3 is 0 Å².